The Hall–Kier alpha value is -5.13. The standard InChI is InChI=1S/C65H89NO9/c1-2-3-4-5-6-7-8-9-16-24-45-57(73-59(68)46-25-17-12-10-14-22-35-51-39-31-41-53-37-27-29-43-55(51)53)64(71)66-61-63(62(70)58(48-67)74-65(61)72-49-50-33-20-19-21-34-50)75-60(69)47-26-18-13-11-15-23-36-52-40-32-42-54-38-28-30-44-56(52)54/h19-21,27-34,37-44,57-58,61-63,65,67,70H,2-18,22-26,35-36,45-49H2,1H3,(H,66,71)/t57?,58-,61-,62-,63-,65-/m1/s1. The molecule has 1 aliphatic heterocycles. The Balaban J connectivity index is 1.02. The highest BCUT2D eigenvalue weighted by Gasteiger charge is 2.49. The molecule has 0 spiro atoms. The average molecular weight is 1030 g/mol. The van der Waals surface area contributed by atoms with Gasteiger partial charge >= 0.3 is 11.9 Å². The van der Waals surface area contributed by atoms with Crippen LogP contribution in [-0.4, -0.2) is 71.4 Å². The van der Waals surface area contributed by atoms with Gasteiger partial charge in [-0.2, -0.15) is 0 Å². The van der Waals surface area contributed by atoms with Crippen LogP contribution in [0.3, 0.4) is 0 Å². The van der Waals surface area contributed by atoms with Gasteiger partial charge in [0.2, 0.25) is 0 Å². The first kappa shape index (κ1) is 59.1. The zero-order valence-electron chi connectivity index (χ0n) is 45.2. The van der Waals surface area contributed by atoms with Crippen molar-refractivity contribution in [2.75, 3.05) is 6.61 Å². The minimum absolute atomic E-state index is 0.0932. The van der Waals surface area contributed by atoms with Gasteiger partial charge in [-0.05, 0) is 89.6 Å². The van der Waals surface area contributed by atoms with Gasteiger partial charge in [-0.1, -0.05) is 231 Å². The lowest BCUT2D eigenvalue weighted by atomic mass is 9.95. The molecule has 10 nitrogen and oxygen atoms in total. The van der Waals surface area contributed by atoms with E-state index in [1.165, 1.54) is 71.2 Å². The molecule has 0 radical (unpaired) electrons. The van der Waals surface area contributed by atoms with Crippen LogP contribution in [0, 0.1) is 0 Å². The number of carbonyl (C=O) groups excluding carboxylic acids is 3. The molecule has 5 aromatic carbocycles. The van der Waals surface area contributed by atoms with E-state index in [4.69, 9.17) is 18.9 Å². The van der Waals surface area contributed by atoms with E-state index >= 15 is 0 Å². The molecule has 5 aromatic rings. The first-order valence-electron chi connectivity index (χ1n) is 29.1. The molecule has 3 N–H and O–H groups in total. The summed E-state index contributed by atoms with van der Waals surface area (Å²) >= 11 is 0. The Labute approximate surface area is 448 Å². The minimum atomic E-state index is -1.47. The third-order valence-electron chi connectivity index (χ3n) is 15.0. The zero-order chi connectivity index (χ0) is 52.7. The fourth-order valence-electron chi connectivity index (χ4n) is 10.6. The second-order valence-corrected chi connectivity index (χ2v) is 21.0. The molecule has 1 saturated heterocycles. The number of amides is 1. The SMILES string of the molecule is CCCCCCCCCCCCC(OC(=O)CCCCCCCCc1cccc2ccccc12)C(=O)N[C@H]1[C@H](OCc2ccccc2)O[C@H](CO)[C@@H](O)[C@@H]1OC(=O)CCCCCCCCc1cccc2ccccc12. The Morgan fingerprint density at radius 2 is 1.04 bits per heavy atom. The molecule has 408 valence electrons. The first-order chi connectivity index (χ1) is 36.8. The lowest BCUT2D eigenvalue weighted by Crippen LogP contribution is -2.66. The van der Waals surface area contributed by atoms with Crippen molar-refractivity contribution >= 4 is 39.4 Å². The lowest BCUT2D eigenvalue weighted by molar-refractivity contribution is -0.277. The van der Waals surface area contributed by atoms with Crippen LogP contribution < -0.4 is 5.32 Å². The topological polar surface area (TPSA) is 141 Å². The quantitative estimate of drug-likeness (QED) is 0.0262. The molecule has 1 aliphatic rings. The third-order valence-corrected chi connectivity index (χ3v) is 15.0. The number of aliphatic hydroxyl groups is 2. The molecule has 10 heteroatoms. The van der Waals surface area contributed by atoms with Crippen molar-refractivity contribution < 1.29 is 43.5 Å². The highest BCUT2D eigenvalue weighted by atomic mass is 16.7. The molecular weight excluding hydrogens is 939 g/mol. The molecule has 1 fully saturated rings. The Kier molecular flexibility index (Phi) is 27.2. The predicted molar refractivity (Wildman–Crippen MR) is 301 cm³/mol. The number of aliphatic hydroxyl groups excluding tert-OH is 2. The van der Waals surface area contributed by atoms with Crippen molar-refractivity contribution in [2.24, 2.45) is 0 Å². The maximum atomic E-state index is 14.5. The summed E-state index contributed by atoms with van der Waals surface area (Å²) in [6, 6.07) is 38.4. The highest BCUT2D eigenvalue weighted by molar-refractivity contribution is 5.86. The molecule has 1 unspecified atom stereocenters. The maximum absolute atomic E-state index is 14.5. The van der Waals surface area contributed by atoms with Gasteiger partial charge < -0.3 is 34.5 Å². The Bertz CT molecular complexity index is 2380. The van der Waals surface area contributed by atoms with Gasteiger partial charge in [-0.15, -0.1) is 0 Å². The highest BCUT2D eigenvalue weighted by Crippen LogP contribution is 2.28. The van der Waals surface area contributed by atoms with E-state index in [0.717, 1.165) is 102 Å². The minimum Gasteiger partial charge on any atom is -0.457 e. The van der Waals surface area contributed by atoms with Gasteiger partial charge in [0, 0.05) is 12.8 Å². The molecule has 6 rings (SSSR count). The lowest BCUT2D eigenvalue weighted by Gasteiger charge is -2.44. The van der Waals surface area contributed by atoms with Crippen molar-refractivity contribution in [3.63, 3.8) is 0 Å². The van der Waals surface area contributed by atoms with Gasteiger partial charge in [-0.3, -0.25) is 14.4 Å². The summed E-state index contributed by atoms with van der Waals surface area (Å²) in [5, 5.41) is 30.1. The van der Waals surface area contributed by atoms with Crippen LogP contribution in [0.1, 0.15) is 184 Å². The van der Waals surface area contributed by atoms with E-state index in [1.54, 1.807) is 0 Å². The summed E-state index contributed by atoms with van der Waals surface area (Å²) in [5.74, 6) is -1.51. The summed E-state index contributed by atoms with van der Waals surface area (Å²) in [4.78, 5) is 41.6. The van der Waals surface area contributed by atoms with Crippen LogP contribution in [-0.2, 0) is 52.8 Å². The second kappa shape index (κ2) is 34.5. The molecule has 6 atom stereocenters. The van der Waals surface area contributed by atoms with Crippen molar-refractivity contribution in [1.82, 2.24) is 5.32 Å². The molecule has 75 heavy (non-hydrogen) atoms. The summed E-state index contributed by atoms with van der Waals surface area (Å²) < 4.78 is 24.5. The van der Waals surface area contributed by atoms with Crippen LogP contribution in [0.15, 0.2) is 115 Å². The van der Waals surface area contributed by atoms with Crippen molar-refractivity contribution in [2.45, 2.75) is 224 Å². The number of carbonyl (C=O) groups is 3. The van der Waals surface area contributed by atoms with Gasteiger partial charge in [0.25, 0.3) is 5.91 Å². The van der Waals surface area contributed by atoms with Crippen LogP contribution in [0.5, 0.6) is 0 Å². The summed E-state index contributed by atoms with van der Waals surface area (Å²) in [6.45, 7) is 1.76. The van der Waals surface area contributed by atoms with Crippen molar-refractivity contribution in [3.05, 3.63) is 132 Å². The van der Waals surface area contributed by atoms with E-state index in [-0.39, 0.29) is 19.4 Å². The van der Waals surface area contributed by atoms with Gasteiger partial charge in [0.1, 0.15) is 18.2 Å². The number of fused-ring (bicyclic) bond motifs is 2. The fourth-order valence-corrected chi connectivity index (χ4v) is 10.6. The summed E-state index contributed by atoms with van der Waals surface area (Å²) in [6.07, 6.45) is 19.3. The zero-order valence-corrected chi connectivity index (χ0v) is 45.2. The smallest absolute Gasteiger partial charge is 0.306 e. The number of esters is 2. The molecule has 0 bridgehead atoms. The number of aryl methyl sites for hydroxylation is 2. The largest absolute Gasteiger partial charge is 0.457 e. The fraction of sp³-hybridized carbons (Fsp3) is 0.554. The van der Waals surface area contributed by atoms with E-state index in [0.29, 0.717) is 25.7 Å². The number of hydrogen-bond acceptors (Lipinski definition) is 9. The third kappa shape index (κ3) is 20.7. The van der Waals surface area contributed by atoms with Crippen LogP contribution >= 0.6 is 0 Å². The Morgan fingerprint density at radius 3 is 1.60 bits per heavy atom. The summed E-state index contributed by atoms with van der Waals surface area (Å²) in [5.41, 5.74) is 3.60. The number of benzene rings is 5. The van der Waals surface area contributed by atoms with Gasteiger partial charge in [0.05, 0.1) is 13.2 Å². The number of hydrogen-bond donors (Lipinski definition) is 3. The van der Waals surface area contributed by atoms with E-state index in [2.05, 4.69) is 97.2 Å². The predicted octanol–water partition coefficient (Wildman–Crippen LogP) is 14.2. The van der Waals surface area contributed by atoms with Crippen LogP contribution in [0.25, 0.3) is 21.5 Å². The number of ether oxygens (including phenoxy) is 4. The van der Waals surface area contributed by atoms with Gasteiger partial charge in [0.15, 0.2) is 18.5 Å². The second-order valence-electron chi connectivity index (χ2n) is 21.0. The number of nitrogens with one attached hydrogen (secondary N) is 1. The molecule has 0 aromatic heterocycles. The number of unbranched alkanes of at least 4 members (excludes halogenated alkanes) is 19. The summed E-state index contributed by atoms with van der Waals surface area (Å²) in [7, 11) is 0. The normalized spacial score (nSPS) is 18.0. The van der Waals surface area contributed by atoms with Crippen molar-refractivity contribution in [3.8, 4) is 0 Å². The van der Waals surface area contributed by atoms with Crippen molar-refractivity contribution in [1.29, 1.82) is 0 Å². The van der Waals surface area contributed by atoms with E-state index in [9.17, 15) is 24.6 Å². The molecule has 0 aliphatic carbocycles. The molecule has 1 heterocycles. The van der Waals surface area contributed by atoms with Gasteiger partial charge in [-0.25, -0.2) is 0 Å². The average Bonchev–Trinajstić information content (AvgIpc) is 3.43. The van der Waals surface area contributed by atoms with E-state index < -0.39 is 61.2 Å². The first-order valence-corrected chi connectivity index (χ1v) is 29.1. The monoisotopic (exact) mass is 1030 g/mol. The molecule has 0 saturated carbocycles. The molecular formula is C65H89NO9. The number of rotatable bonds is 37. The maximum Gasteiger partial charge on any atom is 0.306 e. The molecule has 1 amide bonds. The van der Waals surface area contributed by atoms with Crippen LogP contribution in [0.4, 0.5) is 0 Å². The van der Waals surface area contributed by atoms with E-state index in [1.807, 2.05) is 30.3 Å². The van der Waals surface area contributed by atoms with Crippen LogP contribution in [0.2, 0.25) is 0 Å². The Morgan fingerprint density at radius 1 is 0.560 bits per heavy atom.